The molecule has 2 heterocycles. The first-order valence-corrected chi connectivity index (χ1v) is 7.06. The maximum absolute atomic E-state index is 11.0. The molecular weight excluding hydrogens is 260 g/mol. The normalized spacial score (nSPS) is 20.8. The molecule has 0 radical (unpaired) electrons. The van der Waals surface area contributed by atoms with Crippen molar-refractivity contribution >= 4 is 5.97 Å². The third kappa shape index (κ3) is 3.16. The van der Waals surface area contributed by atoms with Crippen molar-refractivity contribution in [2.24, 2.45) is 0 Å². The monoisotopic (exact) mass is 282 g/mol. The highest BCUT2D eigenvalue weighted by molar-refractivity contribution is 5.72. The topological polar surface area (TPSA) is 82.7 Å². The smallest absolute Gasteiger partial charge is 0.320 e. The number of nitrogens with zero attached hydrogens (tertiary/aromatic N) is 4. The van der Waals surface area contributed by atoms with Crippen LogP contribution in [-0.4, -0.2) is 63.2 Å². The molecule has 2 rings (SSSR count). The fraction of sp³-hybridized carbons (Fsp3) is 0.769. The molecule has 7 heteroatoms. The van der Waals surface area contributed by atoms with Gasteiger partial charge in [0.1, 0.15) is 6.04 Å². The van der Waals surface area contributed by atoms with Crippen LogP contribution in [-0.2, 0) is 11.2 Å². The predicted molar refractivity (Wildman–Crippen MR) is 72.3 cm³/mol. The van der Waals surface area contributed by atoms with E-state index in [-0.39, 0.29) is 6.04 Å². The lowest BCUT2D eigenvalue weighted by molar-refractivity contribution is -0.143. The first-order valence-electron chi connectivity index (χ1n) is 7.06. The summed E-state index contributed by atoms with van der Waals surface area (Å²) < 4.78 is 5.27. The van der Waals surface area contributed by atoms with E-state index in [1.807, 2.05) is 18.7 Å². The quantitative estimate of drug-likeness (QED) is 0.854. The van der Waals surface area contributed by atoms with Gasteiger partial charge >= 0.3 is 5.97 Å². The van der Waals surface area contributed by atoms with Crippen molar-refractivity contribution in [3.05, 3.63) is 11.7 Å². The molecule has 112 valence electrons. The lowest BCUT2D eigenvalue weighted by Crippen LogP contribution is -2.52. The molecule has 0 saturated carbocycles. The number of aromatic nitrogens is 2. The lowest BCUT2D eigenvalue weighted by Gasteiger charge is -2.38. The molecule has 0 aliphatic carbocycles. The molecule has 2 atom stereocenters. The van der Waals surface area contributed by atoms with Gasteiger partial charge in [-0.25, -0.2) is 0 Å². The average Bonchev–Trinajstić information content (AvgIpc) is 2.94. The van der Waals surface area contributed by atoms with Gasteiger partial charge in [0.05, 0.1) is 6.04 Å². The molecule has 0 spiro atoms. The van der Waals surface area contributed by atoms with Crippen LogP contribution in [0.2, 0.25) is 0 Å². The Morgan fingerprint density at radius 3 is 2.40 bits per heavy atom. The Labute approximate surface area is 118 Å². The SMILES string of the molecule is CCc1noc(C(C)N2CCN(C(C)C(=O)O)CC2)n1. The minimum Gasteiger partial charge on any atom is -0.480 e. The van der Waals surface area contributed by atoms with E-state index >= 15 is 0 Å². The Balaban J connectivity index is 1.91. The summed E-state index contributed by atoms with van der Waals surface area (Å²) >= 11 is 0. The van der Waals surface area contributed by atoms with Crippen molar-refractivity contribution < 1.29 is 14.4 Å². The highest BCUT2D eigenvalue weighted by Gasteiger charge is 2.29. The van der Waals surface area contributed by atoms with Crippen LogP contribution >= 0.6 is 0 Å². The zero-order valence-electron chi connectivity index (χ0n) is 12.2. The Morgan fingerprint density at radius 2 is 1.90 bits per heavy atom. The van der Waals surface area contributed by atoms with E-state index in [1.165, 1.54) is 0 Å². The maximum atomic E-state index is 11.0. The Hall–Kier alpha value is -1.47. The maximum Gasteiger partial charge on any atom is 0.320 e. The summed E-state index contributed by atoms with van der Waals surface area (Å²) in [4.78, 5) is 19.6. The van der Waals surface area contributed by atoms with Crippen LogP contribution in [0.1, 0.15) is 38.5 Å². The number of rotatable bonds is 5. The van der Waals surface area contributed by atoms with Gasteiger partial charge in [0.2, 0.25) is 5.89 Å². The summed E-state index contributed by atoms with van der Waals surface area (Å²) in [6, 6.07) is -0.354. The van der Waals surface area contributed by atoms with Gasteiger partial charge in [0.15, 0.2) is 5.82 Å². The highest BCUT2D eigenvalue weighted by Crippen LogP contribution is 2.20. The molecule has 0 bridgehead atoms. The van der Waals surface area contributed by atoms with Gasteiger partial charge < -0.3 is 9.63 Å². The second-order valence-corrected chi connectivity index (χ2v) is 5.16. The Bertz CT molecular complexity index is 454. The van der Waals surface area contributed by atoms with Crippen molar-refractivity contribution in [3.63, 3.8) is 0 Å². The van der Waals surface area contributed by atoms with Crippen LogP contribution < -0.4 is 0 Å². The molecule has 1 aromatic rings. The highest BCUT2D eigenvalue weighted by atomic mass is 16.5. The van der Waals surface area contributed by atoms with Crippen molar-refractivity contribution in [1.29, 1.82) is 0 Å². The average molecular weight is 282 g/mol. The van der Waals surface area contributed by atoms with Crippen molar-refractivity contribution in [1.82, 2.24) is 19.9 Å². The molecule has 0 amide bonds. The molecular formula is C13H22N4O3. The van der Waals surface area contributed by atoms with E-state index < -0.39 is 12.0 Å². The third-order valence-corrected chi connectivity index (χ3v) is 3.96. The predicted octanol–water partition coefficient (Wildman–Crippen LogP) is 0.784. The van der Waals surface area contributed by atoms with Crippen molar-refractivity contribution in [3.8, 4) is 0 Å². The van der Waals surface area contributed by atoms with Crippen LogP contribution in [0.3, 0.4) is 0 Å². The van der Waals surface area contributed by atoms with Gasteiger partial charge in [-0.3, -0.25) is 14.6 Å². The standard InChI is InChI=1S/C13H22N4O3/c1-4-11-14-12(20-15-11)9(2)16-5-7-17(8-6-16)10(3)13(18)19/h9-10H,4-8H2,1-3H3,(H,18,19). The summed E-state index contributed by atoms with van der Waals surface area (Å²) in [5, 5.41) is 12.9. The second-order valence-electron chi connectivity index (χ2n) is 5.16. The number of carbonyl (C=O) groups is 1. The van der Waals surface area contributed by atoms with Gasteiger partial charge in [-0.2, -0.15) is 4.98 Å². The molecule has 0 aromatic carbocycles. The molecule has 1 fully saturated rings. The number of aliphatic carboxylic acids is 1. The molecule has 1 aromatic heterocycles. The summed E-state index contributed by atoms with van der Waals surface area (Å²) in [6.07, 6.45) is 0.764. The van der Waals surface area contributed by atoms with Crippen LogP contribution in [0.25, 0.3) is 0 Å². The minimum atomic E-state index is -0.768. The summed E-state index contributed by atoms with van der Waals surface area (Å²) in [5.41, 5.74) is 0. The molecule has 1 saturated heterocycles. The van der Waals surface area contributed by atoms with Crippen molar-refractivity contribution in [2.75, 3.05) is 26.2 Å². The zero-order valence-corrected chi connectivity index (χ0v) is 12.2. The number of hydrogen-bond acceptors (Lipinski definition) is 6. The van der Waals surface area contributed by atoms with Gasteiger partial charge in [-0.1, -0.05) is 12.1 Å². The first-order chi connectivity index (χ1) is 9.52. The minimum absolute atomic E-state index is 0.0742. The van der Waals surface area contributed by atoms with E-state index in [9.17, 15) is 4.79 Å². The van der Waals surface area contributed by atoms with Crippen LogP contribution in [0.4, 0.5) is 0 Å². The van der Waals surface area contributed by atoms with Crippen molar-refractivity contribution in [2.45, 2.75) is 39.3 Å². The molecule has 20 heavy (non-hydrogen) atoms. The van der Waals surface area contributed by atoms with E-state index in [4.69, 9.17) is 9.63 Å². The third-order valence-electron chi connectivity index (χ3n) is 3.96. The van der Waals surface area contributed by atoms with E-state index in [1.54, 1.807) is 6.92 Å². The molecule has 2 unspecified atom stereocenters. The van der Waals surface area contributed by atoms with Gasteiger partial charge in [-0.15, -0.1) is 0 Å². The number of hydrogen-bond donors (Lipinski definition) is 1. The largest absolute Gasteiger partial charge is 0.480 e. The fourth-order valence-electron chi connectivity index (χ4n) is 2.41. The van der Waals surface area contributed by atoms with Crippen LogP contribution in [0, 0.1) is 0 Å². The van der Waals surface area contributed by atoms with Crippen LogP contribution in [0.5, 0.6) is 0 Å². The summed E-state index contributed by atoms with van der Waals surface area (Å²) in [5.74, 6) is 0.600. The number of piperazine rings is 1. The fourth-order valence-corrected chi connectivity index (χ4v) is 2.41. The number of carboxylic acid groups (broad SMARTS) is 1. The summed E-state index contributed by atoms with van der Waals surface area (Å²) in [6.45, 7) is 8.87. The molecule has 1 aliphatic heterocycles. The second kappa shape index (κ2) is 6.32. The van der Waals surface area contributed by atoms with E-state index in [0.29, 0.717) is 5.89 Å². The van der Waals surface area contributed by atoms with Gasteiger partial charge in [0, 0.05) is 32.6 Å². The molecule has 1 aliphatic rings. The Morgan fingerprint density at radius 1 is 1.30 bits per heavy atom. The van der Waals surface area contributed by atoms with E-state index in [0.717, 1.165) is 38.4 Å². The molecule has 7 nitrogen and oxygen atoms in total. The number of aryl methyl sites for hydroxylation is 1. The van der Waals surface area contributed by atoms with Gasteiger partial charge in [0.25, 0.3) is 0 Å². The lowest BCUT2D eigenvalue weighted by atomic mass is 10.2. The molecule has 1 N–H and O–H groups in total. The first kappa shape index (κ1) is 14.9. The van der Waals surface area contributed by atoms with E-state index in [2.05, 4.69) is 15.0 Å². The number of carboxylic acids is 1. The Kier molecular flexibility index (Phi) is 4.72. The van der Waals surface area contributed by atoms with Gasteiger partial charge in [-0.05, 0) is 13.8 Å². The summed E-state index contributed by atoms with van der Waals surface area (Å²) in [7, 11) is 0. The zero-order chi connectivity index (χ0) is 14.7. The van der Waals surface area contributed by atoms with Crippen LogP contribution in [0.15, 0.2) is 4.52 Å².